The van der Waals surface area contributed by atoms with Crippen molar-refractivity contribution in [2.75, 3.05) is 6.54 Å². The van der Waals surface area contributed by atoms with Crippen molar-refractivity contribution in [1.29, 1.82) is 0 Å². The van der Waals surface area contributed by atoms with Crippen molar-refractivity contribution < 1.29 is 0 Å². The monoisotopic (exact) mass is 275 g/mol. The van der Waals surface area contributed by atoms with Crippen LogP contribution in [-0.4, -0.2) is 16.5 Å². The molecule has 0 bridgehead atoms. The molecule has 0 aliphatic heterocycles. The number of aromatic nitrogens is 2. The zero-order chi connectivity index (χ0) is 12.8. The van der Waals surface area contributed by atoms with Gasteiger partial charge in [-0.3, -0.25) is 0 Å². The molecular weight excluding hydrogens is 262 g/mol. The number of hydrogen-bond acceptors (Lipinski definition) is 5. The van der Waals surface area contributed by atoms with Gasteiger partial charge in [0.2, 0.25) is 0 Å². The largest absolute Gasteiger partial charge is 0.320 e. The summed E-state index contributed by atoms with van der Waals surface area (Å²) in [5, 5.41) is 0.809. The van der Waals surface area contributed by atoms with E-state index in [9.17, 15) is 0 Å². The van der Waals surface area contributed by atoms with Crippen molar-refractivity contribution in [1.82, 2.24) is 9.97 Å². The van der Waals surface area contributed by atoms with E-state index >= 15 is 0 Å². The first-order valence-corrected chi connectivity index (χ1v) is 7.27. The topological polar surface area (TPSA) is 51.8 Å². The summed E-state index contributed by atoms with van der Waals surface area (Å²) in [5.74, 6) is 6.76. The highest BCUT2D eigenvalue weighted by molar-refractivity contribution is 7.98. The molecule has 0 aliphatic carbocycles. The van der Waals surface area contributed by atoms with Crippen LogP contribution < -0.4 is 5.73 Å². The van der Waals surface area contributed by atoms with E-state index in [0.29, 0.717) is 6.54 Å². The molecule has 0 unspecified atom stereocenters. The van der Waals surface area contributed by atoms with Gasteiger partial charge in [0.05, 0.1) is 11.4 Å². The Bertz CT molecular complexity index is 564. The summed E-state index contributed by atoms with van der Waals surface area (Å²) < 4.78 is 0. The van der Waals surface area contributed by atoms with Crippen molar-refractivity contribution in [2.45, 2.75) is 17.8 Å². The Hall–Kier alpha value is -1.35. The Balaban J connectivity index is 1.94. The van der Waals surface area contributed by atoms with Crippen LogP contribution in [0.1, 0.15) is 15.3 Å². The molecule has 2 aromatic heterocycles. The van der Waals surface area contributed by atoms with Crippen LogP contribution in [0.15, 0.2) is 29.7 Å². The number of hydrogen-bond donors (Lipinski definition) is 1. The SMILES string of the molecule is Cc1cnc(SCc2ccc(C#CCN)s2)nc1. The number of thioether (sulfide) groups is 1. The molecule has 5 heteroatoms. The van der Waals surface area contributed by atoms with Crippen LogP contribution >= 0.6 is 23.1 Å². The van der Waals surface area contributed by atoms with Gasteiger partial charge in [-0.05, 0) is 24.6 Å². The number of nitrogens with two attached hydrogens (primary N) is 1. The molecular formula is C13H13N3S2. The molecule has 0 saturated heterocycles. The molecule has 18 heavy (non-hydrogen) atoms. The maximum atomic E-state index is 5.34. The van der Waals surface area contributed by atoms with E-state index in [2.05, 4.69) is 27.9 Å². The highest BCUT2D eigenvalue weighted by atomic mass is 32.2. The second-order valence-corrected chi connectivity index (χ2v) is 5.71. The molecule has 0 fully saturated rings. The van der Waals surface area contributed by atoms with Gasteiger partial charge >= 0.3 is 0 Å². The van der Waals surface area contributed by atoms with Gasteiger partial charge in [-0.25, -0.2) is 9.97 Å². The lowest BCUT2D eigenvalue weighted by Gasteiger charge is -1.97. The minimum absolute atomic E-state index is 0.402. The third-order valence-corrected chi connectivity index (χ3v) is 4.18. The van der Waals surface area contributed by atoms with Gasteiger partial charge in [-0.15, -0.1) is 11.3 Å². The fourth-order valence-corrected chi connectivity index (χ4v) is 2.96. The van der Waals surface area contributed by atoms with E-state index in [0.717, 1.165) is 21.3 Å². The van der Waals surface area contributed by atoms with E-state index in [4.69, 9.17) is 5.73 Å². The summed E-state index contributed by atoms with van der Waals surface area (Å²) in [6.07, 6.45) is 3.67. The fraction of sp³-hybridized carbons (Fsp3) is 0.231. The van der Waals surface area contributed by atoms with Crippen LogP contribution in [0.4, 0.5) is 0 Å². The highest BCUT2D eigenvalue weighted by Gasteiger charge is 2.01. The Morgan fingerprint density at radius 2 is 2.11 bits per heavy atom. The van der Waals surface area contributed by atoms with Crippen molar-refractivity contribution >= 4 is 23.1 Å². The first kappa shape index (κ1) is 13.1. The van der Waals surface area contributed by atoms with Crippen LogP contribution in [0.5, 0.6) is 0 Å². The molecule has 92 valence electrons. The smallest absolute Gasteiger partial charge is 0.187 e. The number of rotatable bonds is 3. The first-order chi connectivity index (χ1) is 8.78. The van der Waals surface area contributed by atoms with Crippen LogP contribution in [0.25, 0.3) is 0 Å². The second-order valence-electron chi connectivity index (χ2n) is 3.60. The molecule has 2 heterocycles. The van der Waals surface area contributed by atoms with E-state index in [-0.39, 0.29) is 0 Å². The summed E-state index contributed by atoms with van der Waals surface area (Å²) in [6.45, 7) is 2.38. The Morgan fingerprint density at radius 3 is 2.83 bits per heavy atom. The van der Waals surface area contributed by atoms with Crippen LogP contribution in [0, 0.1) is 18.8 Å². The van der Waals surface area contributed by atoms with Crippen LogP contribution in [0.3, 0.4) is 0 Å². The number of aryl methyl sites for hydroxylation is 1. The molecule has 2 rings (SSSR count). The van der Waals surface area contributed by atoms with Crippen LogP contribution in [-0.2, 0) is 5.75 Å². The minimum Gasteiger partial charge on any atom is -0.320 e. The number of nitrogens with zero attached hydrogens (tertiary/aromatic N) is 2. The normalized spacial score (nSPS) is 9.89. The maximum Gasteiger partial charge on any atom is 0.187 e. The zero-order valence-corrected chi connectivity index (χ0v) is 11.6. The average molecular weight is 275 g/mol. The fourth-order valence-electron chi connectivity index (χ4n) is 1.25. The summed E-state index contributed by atoms with van der Waals surface area (Å²) in [6, 6.07) is 4.12. The van der Waals surface area contributed by atoms with Gasteiger partial charge in [-0.2, -0.15) is 0 Å². The van der Waals surface area contributed by atoms with Gasteiger partial charge in [0.1, 0.15) is 0 Å². The molecule has 0 saturated carbocycles. The standard InChI is InChI=1S/C13H13N3S2/c1-10-7-15-13(16-8-10)17-9-12-5-4-11(18-12)3-2-6-14/h4-5,7-8H,6,9,14H2,1H3. The Labute approximate surface area is 115 Å². The predicted molar refractivity (Wildman–Crippen MR) is 76.6 cm³/mol. The Morgan fingerprint density at radius 1 is 1.33 bits per heavy atom. The molecule has 3 nitrogen and oxygen atoms in total. The van der Waals surface area contributed by atoms with Gasteiger partial charge in [0.15, 0.2) is 5.16 Å². The molecule has 0 amide bonds. The highest BCUT2D eigenvalue weighted by Crippen LogP contribution is 2.24. The summed E-state index contributed by atoms with van der Waals surface area (Å²) >= 11 is 3.32. The third-order valence-electron chi connectivity index (χ3n) is 2.08. The van der Waals surface area contributed by atoms with E-state index < -0.39 is 0 Å². The van der Waals surface area contributed by atoms with Crippen molar-refractivity contribution in [3.8, 4) is 11.8 Å². The molecule has 2 N–H and O–H groups in total. The van der Waals surface area contributed by atoms with Crippen molar-refractivity contribution in [2.24, 2.45) is 5.73 Å². The van der Waals surface area contributed by atoms with Gasteiger partial charge < -0.3 is 5.73 Å². The molecule has 0 radical (unpaired) electrons. The lowest BCUT2D eigenvalue weighted by atomic mass is 10.4. The first-order valence-electron chi connectivity index (χ1n) is 5.47. The lowest BCUT2D eigenvalue weighted by Crippen LogP contribution is -1.92. The van der Waals surface area contributed by atoms with Crippen LogP contribution in [0.2, 0.25) is 0 Å². The van der Waals surface area contributed by atoms with Crippen molar-refractivity contribution in [3.05, 3.63) is 39.8 Å². The Kier molecular flexibility index (Phi) is 4.76. The average Bonchev–Trinajstić information content (AvgIpc) is 2.84. The lowest BCUT2D eigenvalue weighted by molar-refractivity contribution is 0.950. The molecule has 0 aliphatic rings. The molecule has 0 spiro atoms. The summed E-state index contributed by atoms with van der Waals surface area (Å²) in [5.41, 5.74) is 6.42. The van der Waals surface area contributed by atoms with E-state index in [1.165, 1.54) is 4.88 Å². The van der Waals surface area contributed by atoms with Gasteiger partial charge in [0, 0.05) is 23.0 Å². The second kappa shape index (κ2) is 6.55. The van der Waals surface area contributed by atoms with Crippen molar-refractivity contribution in [3.63, 3.8) is 0 Å². The third kappa shape index (κ3) is 3.84. The van der Waals surface area contributed by atoms with Gasteiger partial charge in [-0.1, -0.05) is 23.6 Å². The van der Waals surface area contributed by atoms with Gasteiger partial charge in [0.25, 0.3) is 0 Å². The summed E-state index contributed by atoms with van der Waals surface area (Å²) in [4.78, 5) is 10.8. The number of thiophene rings is 1. The zero-order valence-electron chi connectivity index (χ0n) is 10.0. The quantitative estimate of drug-likeness (QED) is 0.531. The molecule has 0 atom stereocenters. The predicted octanol–water partition coefficient (Wildman–Crippen LogP) is 2.45. The minimum atomic E-state index is 0.402. The maximum absolute atomic E-state index is 5.34. The molecule has 2 aromatic rings. The van der Waals surface area contributed by atoms with E-state index in [1.54, 1.807) is 23.1 Å². The van der Waals surface area contributed by atoms with E-state index in [1.807, 2.05) is 25.4 Å². The molecule has 0 aromatic carbocycles. The summed E-state index contributed by atoms with van der Waals surface area (Å²) in [7, 11) is 0.